The van der Waals surface area contributed by atoms with Gasteiger partial charge < -0.3 is 14.6 Å². The van der Waals surface area contributed by atoms with Crippen molar-refractivity contribution in [2.24, 2.45) is 11.3 Å². The Morgan fingerprint density at radius 1 is 1.16 bits per heavy atom. The van der Waals surface area contributed by atoms with E-state index in [4.69, 9.17) is 9.72 Å². The second-order valence-corrected chi connectivity index (χ2v) is 10.5. The number of nitrogens with one attached hydrogen (secondary N) is 1. The molecule has 1 fully saturated rings. The Morgan fingerprint density at radius 2 is 1.88 bits per heavy atom. The molecule has 5 nitrogen and oxygen atoms in total. The van der Waals surface area contributed by atoms with Gasteiger partial charge >= 0.3 is 5.97 Å². The number of nitrogens with zero attached hydrogens (tertiary/aromatic N) is 2. The molecule has 0 saturated heterocycles. The van der Waals surface area contributed by atoms with E-state index in [1.807, 2.05) is 18.2 Å². The second kappa shape index (κ2) is 8.61. The summed E-state index contributed by atoms with van der Waals surface area (Å²) >= 11 is 0. The third-order valence-corrected chi connectivity index (χ3v) is 6.67. The molecule has 0 unspecified atom stereocenters. The summed E-state index contributed by atoms with van der Waals surface area (Å²) < 4.78 is 7.27. The molecular weight excluding hydrogens is 398 g/mol. The smallest absolute Gasteiger partial charge is 0.337 e. The number of imidazole rings is 1. The van der Waals surface area contributed by atoms with Gasteiger partial charge in [0.1, 0.15) is 0 Å². The van der Waals surface area contributed by atoms with Crippen LogP contribution in [0.3, 0.4) is 0 Å². The molecule has 170 valence electrons. The van der Waals surface area contributed by atoms with Crippen LogP contribution >= 0.6 is 0 Å². The number of methoxy groups -OCH3 is 1. The molecule has 0 spiro atoms. The molecule has 3 aromatic rings. The minimum atomic E-state index is -0.340. The zero-order valence-electron chi connectivity index (χ0n) is 20.1. The molecule has 1 aliphatic rings. The zero-order valence-corrected chi connectivity index (χ0v) is 20.1. The third kappa shape index (κ3) is 4.52. The lowest BCUT2D eigenvalue weighted by Gasteiger charge is -2.40. The van der Waals surface area contributed by atoms with E-state index >= 15 is 0 Å². The van der Waals surface area contributed by atoms with Gasteiger partial charge in [-0.25, -0.2) is 9.78 Å². The van der Waals surface area contributed by atoms with E-state index in [0.29, 0.717) is 23.4 Å². The topological polar surface area (TPSA) is 56.1 Å². The Morgan fingerprint density at radius 3 is 2.50 bits per heavy atom. The van der Waals surface area contributed by atoms with Crippen molar-refractivity contribution < 1.29 is 9.53 Å². The lowest BCUT2D eigenvalue weighted by molar-refractivity contribution is 0.0601. The minimum Gasteiger partial charge on any atom is -0.465 e. The summed E-state index contributed by atoms with van der Waals surface area (Å²) in [5.74, 6) is 1.63. The van der Waals surface area contributed by atoms with Gasteiger partial charge in [-0.2, -0.15) is 0 Å². The first kappa shape index (κ1) is 22.4. The van der Waals surface area contributed by atoms with Crippen LogP contribution in [0.4, 0.5) is 11.6 Å². The Kier molecular flexibility index (Phi) is 6.02. The van der Waals surface area contributed by atoms with Crippen LogP contribution in [0, 0.1) is 11.3 Å². The number of carbonyl (C=O) groups is 1. The third-order valence-electron chi connectivity index (χ3n) is 6.67. The summed E-state index contributed by atoms with van der Waals surface area (Å²) in [6.45, 7) is 11.5. The van der Waals surface area contributed by atoms with Gasteiger partial charge in [-0.05, 0) is 72.4 Å². The largest absolute Gasteiger partial charge is 0.465 e. The summed E-state index contributed by atoms with van der Waals surface area (Å²) in [6.07, 6.45) is 3.46. The van der Waals surface area contributed by atoms with Crippen LogP contribution in [0.25, 0.3) is 11.0 Å². The van der Waals surface area contributed by atoms with Crippen LogP contribution in [0.1, 0.15) is 81.8 Å². The number of hydrogen-bond acceptors (Lipinski definition) is 4. The van der Waals surface area contributed by atoms with Crippen molar-refractivity contribution in [3.05, 3.63) is 53.6 Å². The highest BCUT2D eigenvalue weighted by atomic mass is 16.5. The van der Waals surface area contributed by atoms with Crippen LogP contribution in [-0.4, -0.2) is 22.6 Å². The number of ether oxygens (including phenoxy) is 1. The van der Waals surface area contributed by atoms with Crippen molar-refractivity contribution in [3.8, 4) is 0 Å². The van der Waals surface area contributed by atoms with E-state index in [1.165, 1.54) is 19.1 Å². The van der Waals surface area contributed by atoms with Crippen molar-refractivity contribution in [3.63, 3.8) is 0 Å². The summed E-state index contributed by atoms with van der Waals surface area (Å²) in [5, 5.41) is 3.57. The molecule has 32 heavy (non-hydrogen) atoms. The SMILES string of the molecule is COC(=O)c1ccc2c(c1)nc(Nc1ccc(C(C)C)cc1)n2[C@@H]1C[C@H](C)CC(C)(C)C1. The van der Waals surface area contributed by atoms with E-state index in [0.717, 1.165) is 35.5 Å². The number of aromatic nitrogens is 2. The lowest BCUT2D eigenvalue weighted by atomic mass is 9.70. The first-order valence-corrected chi connectivity index (χ1v) is 11.6. The highest BCUT2D eigenvalue weighted by molar-refractivity contribution is 5.94. The van der Waals surface area contributed by atoms with Crippen LogP contribution in [-0.2, 0) is 4.74 Å². The summed E-state index contributed by atoms with van der Waals surface area (Å²) in [4.78, 5) is 17.0. The molecule has 0 amide bonds. The van der Waals surface area contributed by atoms with Crippen LogP contribution in [0.15, 0.2) is 42.5 Å². The van der Waals surface area contributed by atoms with E-state index in [1.54, 1.807) is 0 Å². The molecule has 4 rings (SSSR count). The number of fused-ring (bicyclic) bond motifs is 1. The Labute approximate surface area is 191 Å². The molecule has 1 aromatic heterocycles. The number of hydrogen-bond donors (Lipinski definition) is 1. The van der Waals surface area contributed by atoms with Crippen molar-refractivity contribution in [1.82, 2.24) is 9.55 Å². The van der Waals surface area contributed by atoms with E-state index < -0.39 is 0 Å². The summed E-state index contributed by atoms with van der Waals surface area (Å²) in [5.41, 5.74) is 4.99. The van der Waals surface area contributed by atoms with E-state index in [-0.39, 0.29) is 11.4 Å². The van der Waals surface area contributed by atoms with Gasteiger partial charge in [-0.15, -0.1) is 0 Å². The highest BCUT2D eigenvalue weighted by Crippen LogP contribution is 2.46. The average molecular weight is 434 g/mol. The van der Waals surface area contributed by atoms with E-state index in [2.05, 4.69) is 68.8 Å². The molecular formula is C27H35N3O2. The minimum absolute atomic E-state index is 0.279. The maximum atomic E-state index is 12.1. The van der Waals surface area contributed by atoms with Gasteiger partial charge in [0.25, 0.3) is 0 Å². The van der Waals surface area contributed by atoms with Crippen molar-refractivity contribution >= 4 is 28.6 Å². The van der Waals surface area contributed by atoms with Gasteiger partial charge in [0.15, 0.2) is 0 Å². The maximum Gasteiger partial charge on any atom is 0.337 e. The summed E-state index contributed by atoms with van der Waals surface area (Å²) in [6, 6.07) is 14.6. The molecule has 1 N–H and O–H groups in total. The van der Waals surface area contributed by atoms with Gasteiger partial charge in [0, 0.05) is 11.7 Å². The van der Waals surface area contributed by atoms with Gasteiger partial charge in [0.2, 0.25) is 5.95 Å². The van der Waals surface area contributed by atoms with Crippen molar-refractivity contribution in [2.45, 2.75) is 65.8 Å². The molecule has 1 heterocycles. The number of anilines is 2. The van der Waals surface area contributed by atoms with Crippen LogP contribution in [0.2, 0.25) is 0 Å². The zero-order chi connectivity index (χ0) is 23.0. The standard InChI is InChI=1S/C27H35N3O2/c1-17(2)19-7-10-21(11-8-19)28-26-29-23-14-20(25(31)32-6)9-12-24(23)30(26)22-13-18(3)15-27(4,5)16-22/h7-12,14,17-18,22H,13,15-16H2,1-6H3,(H,28,29)/t18-,22+/m0/s1. The second-order valence-electron chi connectivity index (χ2n) is 10.5. The summed E-state index contributed by atoms with van der Waals surface area (Å²) in [7, 11) is 1.41. The monoisotopic (exact) mass is 433 g/mol. The van der Waals surface area contributed by atoms with Crippen LogP contribution in [0.5, 0.6) is 0 Å². The number of esters is 1. The molecule has 2 aromatic carbocycles. The van der Waals surface area contributed by atoms with Gasteiger partial charge in [0.05, 0.1) is 23.7 Å². The first-order valence-electron chi connectivity index (χ1n) is 11.6. The Bertz CT molecular complexity index is 1110. The fourth-order valence-corrected chi connectivity index (χ4v) is 5.37. The average Bonchev–Trinajstić information content (AvgIpc) is 3.09. The van der Waals surface area contributed by atoms with Crippen LogP contribution < -0.4 is 5.32 Å². The highest BCUT2D eigenvalue weighted by Gasteiger charge is 2.34. The Hall–Kier alpha value is -2.82. The molecule has 0 radical (unpaired) electrons. The van der Waals surface area contributed by atoms with Gasteiger partial charge in [-0.3, -0.25) is 0 Å². The van der Waals surface area contributed by atoms with Crippen molar-refractivity contribution in [2.75, 3.05) is 12.4 Å². The molecule has 1 aliphatic carbocycles. The molecule has 0 bridgehead atoms. The lowest BCUT2D eigenvalue weighted by Crippen LogP contribution is -2.29. The molecule has 1 saturated carbocycles. The maximum absolute atomic E-state index is 12.1. The quantitative estimate of drug-likeness (QED) is 0.437. The predicted molar refractivity (Wildman–Crippen MR) is 131 cm³/mol. The van der Waals surface area contributed by atoms with Crippen molar-refractivity contribution in [1.29, 1.82) is 0 Å². The fraction of sp³-hybridized carbons (Fsp3) is 0.481. The number of carbonyl (C=O) groups excluding carboxylic acids is 1. The first-order chi connectivity index (χ1) is 15.2. The normalized spacial score (nSPS) is 20.5. The number of benzene rings is 2. The molecule has 5 heteroatoms. The fourth-order valence-electron chi connectivity index (χ4n) is 5.37. The molecule has 0 aliphatic heterocycles. The number of rotatable bonds is 5. The van der Waals surface area contributed by atoms with E-state index in [9.17, 15) is 4.79 Å². The molecule has 2 atom stereocenters. The van der Waals surface area contributed by atoms with Gasteiger partial charge in [-0.1, -0.05) is 46.8 Å². The Balaban J connectivity index is 1.78. The predicted octanol–water partition coefficient (Wildman–Crippen LogP) is 7.08.